The zero-order chi connectivity index (χ0) is 10.4. The van der Waals surface area contributed by atoms with Gasteiger partial charge in [-0.2, -0.15) is 0 Å². The molecule has 0 aromatic heterocycles. The molecular formula is C13H18N2. The lowest BCUT2D eigenvalue weighted by Gasteiger charge is -2.30. The molecule has 2 nitrogen and oxygen atoms in total. The summed E-state index contributed by atoms with van der Waals surface area (Å²) in [6.07, 6.45) is 1.34. The number of hydrogen-bond donors (Lipinski definition) is 1. The molecule has 15 heavy (non-hydrogen) atoms. The van der Waals surface area contributed by atoms with Crippen molar-refractivity contribution >= 4 is 5.69 Å². The third kappa shape index (κ3) is 1.36. The number of anilines is 1. The van der Waals surface area contributed by atoms with Gasteiger partial charge in [-0.3, -0.25) is 0 Å². The van der Waals surface area contributed by atoms with Crippen LogP contribution in [-0.4, -0.2) is 24.5 Å². The number of piperidine rings is 1. The number of nitrogen functional groups attached to an aromatic ring is 1. The number of hydrogen-bond acceptors (Lipinski definition) is 2. The Morgan fingerprint density at radius 2 is 2.00 bits per heavy atom. The van der Waals surface area contributed by atoms with Gasteiger partial charge in [0.05, 0.1) is 0 Å². The summed E-state index contributed by atoms with van der Waals surface area (Å²) in [4.78, 5) is 2.56. The number of nitrogens with zero attached hydrogens (tertiary/aromatic N) is 1. The fourth-order valence-electron chi connectivity index (χ4n) is 3.22. The second-order valence-corrected chi connectivity index (χ2v) is 4.87. The van der Waals surface area contributed by atoms with Gasteiger partial charge in [-0.05, 0) is 48.1 Å². The smallest absolute Gasteiger partial charge is 0.0317 e. The van der Waals surface area contributed by atoms with Crippen LogP contribution in [0.2, 0.25) is 0 Å². The molecule has 80 valence electrons. The number of likely N-dealkylation sites (tertiary alicyclic amines) is 1. The predicted molar refractivity (Wildman–Crippen MR) is 63.1 cm³/mol. The van der Waals surface area contributed by atoms with E-state index < -0.39 is 0 Å². The molecule has 2 heteroatoms. The SMILES string of the molecule is CCN1C[C@H]2C[C@@H](C1)c1cc(N)ccc12. The maximum absolute atomic E-state index is 5.87. The van der Waals surface area contributed by atoms with Crippen molar-refractivity contribution in [2.45, 2.75) is 25.2 Å². The third-order valence-electron chi connectivity index (χ3n) is 3.96. The van der Waals surface area contributed by atoms with Gasteiger partial charge in [0.1, 0.15) is 0 Å². The Kier molecular flexibility index (Phi) is 1.99. The lowest BCUT2D eigenvalue weighted by Crippen LogP contribution is -2.34. The van der Waals surface area contributed by atoms with Crippen molar-refractivity contribution in [3.05, 3.63) is 29.3 Å². The molecule has 2 bridgehead atoms. The Morgan fingerprint density at radius 1 is 1.27 bits per heavy atom. The molecule has 2 aliphatic rings. The van der Waals surface area contributed by atoms with Gasteiger partial charge in [-0.15, -0.1) is 0 Å². The first kappa shape index (κ1) is 9.22. The average Bonchev–Trinajstić information content (AvgIpc) is 2.51. The second kappa shape index (κ2) is 3.24. The average molecular weight is 202 g/mol. The van der Waals surface area contributed by atoms with Crippen LogP contribution in [0.5, 0.6) is 0 Å². The van der Waals surface area contributed by atoms with Crippen molar-refractivity contribution in [1.82, 2.24) is 4.90 Å². The van der Waals surface area contributed by atoms with Crippen LogP contribution in [0.4, 0.5) is 5.69 Å². The largest absolute Gasteiger partial charge is 0.399 e. The summed E-state index contributed by atoms with van der Waals surface area (Å²) in [6.45, 7) is 5.90. The van der Waals surface area contributed by atoms with Crippen molar-refractivity contribution in [3.8, 4) is 0 Å². The van der Waals surface area contributed by atoms with Gasteiger partial charge >= 0.3 is 0 Å². The predicted octanol–water partition coefficient (Wildman–Crippen LogP) is 2.18. The Labute approximate surface area is 91.1 Å². The lowest BCUT2D eigenvalue weighted by atomic mass is 9.96. The molecule has 1 saturated heterocycles. The molecule has 1 aliphatic carbocycles. The minimum atomic E-state index is 0.738. The summed E-state index contributed by atoms with van der Waals surface area (Å²) in [6, 6.07) is 6.49. The van der Waals surface area contributed by atoms with Gasteiger partial charge < -0.3 is 10.6 Å². The van der Waals surface area contributed by atoms with Crippen molar-refractivity contribution < 1.29 is 0 Å². The van der Waals surface area contributed by atoms with E-state index in [-0.39, 0.29) is 0 Å². The van der Waals surface area contributed by atoms with Crippen molar-refractivity contribution in [2.24, 2.45) is 0 Å². The number of rotatable bonds is 1. The van der Waals surface area contributed by atoms with E-state index in [1.165, 1.54) is 31.6 Å². The molecule has 1 aliphatic heterocycles. The minimum absolute atomic E-state index is 0.738. The van der Waals surface area contributed by atoms with Gasteiger partial charge in [-0.25, -0.2) is 0 Å². The molecule has 0 spiro atoms. The van der Waals surface area contributed by atoms with E-state index in [9.17, 15) is 0 Å². The molecule has 2 N–H and O–H groups in total. The van der Waals surface area contributed by atoms with Crippen LogP contribution < -0.4 is 5.73 Å². The fourth-order valence-corrected chi connectivity index (χ4v) is 3.22. The van der Waals surface area contributed by atoms with Crippen LogP contribution >= 0.6 is 0 Å². The van der Waals surface area contributed by atoms with Crippen molar-refractivity contribution in [2.75, 3.05) is 25.4 Å². The van der Waals surface area contributed by atoms with Crippen LogP contribution in [0.25, 0.3) is 0 Å². The summed E-state index contributed by atoms with van der Waals surface area (Å²) < 4.78 is 0. The maximum Gasteiger partial charge on any atom is 0.0317 e. The van der Waals surface area contributed by atoms with Gasteiger partial charge in [0.15, 0.2) is 0 Å². The van der Waals surface area contributed by atoms with E-state index in [2.05, 4.69) is 30.0 Å². The summed E-state index contributed by atoms with van der Waals surface area (Å²) in [5.74, 6) is 1.50. The van der Waals surface area contributed by atoms with E-state index in [1.807, 2.05) is 0 Å². The van der Waals surface area contributed by atoms with E-state index in [0.717, 1.165) is 17.5 Å². The quantitative estimate of drug-likeness (QED) is 0.707. The van der Waals surface area contributed by atoms with Gasteiger partial charge in [0.25, 0.3) is 0 Å². The summed E-state index contributed by atoms with van der Waals surface area (Å²) >= 11 is 0. The van der Waals surface area contributed by atoms with Crippen molar-refractivity contribution in [1.29, 1.82) is 0 Å². The Hall–Kier alpha value is -1.02. The maximum atomic E-state index is 5.87. The van der Waals surface area contributed by atoms with Crippen LogP contribution in [0, 0.1) is 0 Å². The first-order valence-corrected chi connectivity index (χ1v) is 5.89. The molecule has 0 radical (unpaired) electrons. The number of likely N-dealkylation sites (N-methyl/N-ethyl adjacent to an activating group) is 1. The first-order valence-electron chi connectivity index (χ1n) is 5.89. The van der Waals surface area contributed by atoms with Crippen LogP contribution in [0.3, 0.4) is 0 Å². The number of benzene rings is 1. The molecular weight excluding hydrogens is 184 g/mol. The summed E-state index contributed by atoms with van der Waals surface area (Å²) in [5, 5.41) is 0. The zero-order valence-corrected chi connectivity index (χ0v) is 9.24. The zero-order valence-electron chi connectivity index (χ0n) is 9.24. The molecule has 0 unspecified atom stereocenters. The van der Waals surface area contributed by atoms with E-state index in [4.69, 9.17) is 5.73 Å². The number of fused-ring (bicyclic) bond motifs is 5. The molecule has 0 saturated carbocycles. The van der Waals surface area contributed by atoms with Gasteiger partial charge in [-0.1, -0.05) is 13.0 Å². The topological polar surface area (TPSA) is 29.3 Å². The lowest BCUT2D eigenvalue weighted by molar-refractivity contribution is 0.213. The minimum Gasteiger partial charge on any atom is -0.399 e. The molecule has 2 atom stereocenters. The third-order valence-corrected chi connectivity index (χ3v) is 3.96. The highest BCUT2D eigenvalue weighted by molar-refractivity contribution is 5.50. The molecule has 1 heterocycles. The molecule has 0 amide bonds. The normalized spacial score (nSPS) is 29.1. The van der Waals surface area contributed by atoms with E-state index in [1.54, 1.807) is 5.56 Å². The highest BCUT2D eigenvalue weighted by atomic mass is 15.1. The Morgan fingerprint density at radius 3 is 2.73 bits per heavy atom. The highest BCUT2D eigenvalue weighted by Crippen LogP contribution is 2.46. The van der Waals surface area contributed by atoms with Crippen molar-refractivity contribution in [3.63, 3.8) is 0 Å². The monoisotopic (exact) mass is 202 g/mol. The van der Waals surface area contributed by atoms with Gasteiger partial charge in [0.2, 0.25) is 0 Å². The van der Waals surface area contributed by atoms with Crippen LogP contribution in [0.15, 0.2) is 18.2 Å². The standard InChI is InChI=1S/C13H18N2/c1-2-15-7-9-5-10(8-15)13-6-11(14)3-4-12(9)13/h3-4,6,9-10H,2,5,7-8,14H2,1H3/t9-,10+/m1/s1. The van der Waals surface area contributed by atoms with E-state index >= 15 is 0 Å². The highest BCUT2D eigenvalue weighted by Gasteiger charge is 2.36. The summed E-state index contributed by atoms with van der Waals surface area (Å²) in [7, 11) is 0. The van der Waals surface area contributed by atoms with Gasteiger partial charge in [0, 0.05) is 18.8 Å². The summed E-state index contributed by atoms with van der Waals surface area (Å²) in [5.41, 5.74) is 9.87. The Balaban J connectivity index is 2.00. The fraction of sp³-hybridized carbons (Fsp3) is 0.538. The molecule has 1 aromatic rings. The number of nitrogens with two attached hydrogens (primary N) is 1. The molecule has 1 aromatic carbocycles. The second-order valence-electron chi connectivity index (χ2n) is 4.87. The molecule has 3 rings (SSSR count). The molecule has 1 fully saturated rings. The Bertz CT molecular complexity index is 386. The van der Waals surface area contributed by atoms with Crippen LogP contribution in [-0.2, 0) is 0 Å². The van der Waals surface area contributed by atoms with E-state index in [0.29, 0.717) is 0 Å². The first-order chi connectivity index (χ1) is 7.28. The van der Waals surface area contributed by atoms with Crippen LogP contribution in [0.1, 0.15) is 36.3 Å².